The Balaban J connectivity index is 1.69. The Kier molecular flexibility index (Phi) is 3.89. The summed E-state index contributed by atoms with van der Waals surface area (Å²) < 4.78 is 6.44. The van der Waals surface area contributed by atoms with Crippen LogP contribution in [0.1, 0.15) is 37.7 Å². The molecule has 6 heteroatoms. The summed E-state index contributed by atoms with van der Waals surface area (Å²) in [5.74, 6) is 2.39. The summed E-state index contributed by atoms with van der Waals surface area (Å²) in [6.07, 6.45) is 11.3. The Labute approximate surface area is 157 Å². The van der Waals surface area contributed by atoms with Crippen molar-refractivity contribution in [3.05, 3.63) is 42.5 Å². The number of nitrogens with two attached hydrogens (primary N) is 1. The fourth-order valence-electron chi connectivity index (χ4n) is 4.81. The molecule has 2 unspecified atom stereocenters. The van der Waals surface area contributed by atoms with E-state index in [0.29, 0.717) is 11.1 Å². The van der Waals surface area contributed by atoms with Crippen LogP contribution in [-0.4, -0.2) is 27.0 Å². The second-order valence-corrected chi connectivity index (χ2v) is 8.47. The highest BCUT2D eigenvalue weighted by Crippen LogP contribution is 2.54. The van der Waals surface area contributed by atoms with Crippen LogP contribution in [0.5, 0.6) is 5.75 Å². The third kappa shape index (κ3) is 2.50. The minimum absolute atomic E-state index is 0.250. The number of aromatic nitrogens is 2. The van der Waals surface area contributed by atoms with Crippen LogP contribution in [0.15, 0.2) is 41.9 Å². The lowest BCUT2D eigenvalue weighted by atomic mass is 9.66. The van der Waals surface area contributed by atoms with Crippen molar-refractivity contribution in [3.8, 4) is 16.9 Å². The molecule has 2 aliphatic heterocycles. The molecule has 1 aliphatic carbocycles. The van der Waals surface area contributed by atoms with Gasteiger partial charge in [-0.05, 0) is 43.4 Å². The van der Waals surface area contributed by atoms with Crippen molar-refractivity contribution in [3.63, 3.8) is 0 Å². The van der Waals surface area contributed by atoms with Crippen molar-refractivity contribution in [1.29, 1.82) is 0 Å². The topological polar surface area (TPSA) is 73.4 Å². The Morgan fingerprint density at radius 3 is 2.81 bits per heavy atom. The summed E-state index contributed by atoms with van der Waals surface area (Å²) in [7, 11) is 0. The van der Waals surface area contributed by atoms with Gasteiger partial charge in [0.15, 0.2) is 5.17 Å². The quantitative estimate of drug-likeness (QED) is 0.832. The van der Waals surface area contributed by atoms with Gasteiger partial charge in [-0.3, -0.25) is 4.99 Å². The first kappa shape index (κ1) is 16.1. The summed E-state index contributed by atoms with van der Waals surface area (Å²) in [5.41, 5.74) is 9.27. The van der Waals surface area contributed by atoms with Gasteiger partial charge in [-0.1, -0.05) is 24.2 Å². The Bertz CT molecular complexity index is 856. The second-order valence-electron chi connectivity index (χ2n) is 7.36. The van der Waals surface area contributed by atoms with Crippen molar-refractivity contribution in [2.24, 2.45) is 16.6 Å². The van der Waals surface area contributed by atoms with Crippen LogP contribution in [0.2, 0.25) is 0 Å². The minimum Gasteiger partial charge on any atom is -0.490 e. The molecule has 134 valence electrons. The van der Waals surface area contributed by atoms with Gasteiger partial charge in [0.2, 0.25) is 0 Å². The van der Waals surface area contributed by atoms with Crippen LogP contribution >= 0.6 is 11.8 Å². The largest absolute Gasteiger partial charge is 0.490 e. The number of nitrogens with zero attached hydrogens (tertiary/aromatic N) is 3. The number of amidine groups is 1. The van der Waals surface area contributed by atoms with E-state index in [1.54, 1.807) is 18.1 Å². The maximum atomic E-state index is 6.44. The molecule has 2 N–H and O–H groups in total. The average molecular weight is 366 g/mol. The summed E-state index contributed by atoms with van der Waals surface area (Å²) in [6.45, 7) is 0. The number of aliphatic imine (C=N–C) groups is 1. The van der Waals surface area contributed by atoms with Crippen LogP contribution in [-0.2, 0) is 5.54 Å². The lowest BCUT2D eigenvalue weighted by Gasteiger charge is -2.50. The second kappa shape index (κ2) is 6.27. The van der Waals surface area contributed by atoms with E-state index < -0.39 is 0 Å². The highest BCUT2D eigenvalue weighted by Gasteiger charge is 2.51. The zero-order valence-electron chi connectivity index (χ0n) is 14.6. The van der Waals surface area contributed by atoms with Gasteiger partial charge in [0.05, 0.1) is 5.54 Å². The molecule has 3 heterocycles. The summed E-state index contributed by atoms with van der Waals surface area (Å²) in [5, 5.41) is 0.710. The summed E-state index contributed by atoms with van der Waals surface area (Å²) >= 11 is 1.67. The zero-order chi connectivity index (χ0) is 17.6. The molecule has 1 saturated carbocycles. The molecular weight excluding hydrogens is 344 g/mol. The highest BCUT2D eigenvalue weighted by atomic mass is 32.2. The highest BCUT2D eigenvalue weighted by molar-refractivity contribution is 8.13. The first-order chi connectivity index (χ1) is 12.8. The number of fused-ring (bicyclic) bond motifs is 4. The molecule has 0 saturated heterocycles. The first-order valence-corrected chi connectivity index (χ1v) is 10.3. The van der Waals surface area contributed by atoms with Gasteiger partial charge in [-0.25, -0.2) is 9.97 Å². The molecule has 5 rings (SSSR count). The van der Waals surface area contributed by atoms with Crippen molar-refractivity contribution in [2.45, 2.75) is 43.7 Å². The van der Waals surface area contributed by atoms with Crippen LogP contribution in [0.25, 0.3) is 11.1 Å². The Morgan fingerprint density at radius 2 is 1.96 bits per heavy atom. The van der Waals surface area contributed by atoms with Crippen LogP contribution in [0.4, 0.5) is 0 Å². The number of hydrogen-bond donors (Lipinski definition) is 1. The molecular formula is C20H22N4OS. The predicted octanol–water partition coefficient (Wildman–Crippen LogP) is 3.74. The van der Waals surface area contributed by atoms with E-state index in [9.17, 15) is 0 Å². The smallest absolute Gasteiger partial charge is 0.154 e. The normalized spacial score (nSPS) is 30.1. The molecule has 1 fully saturated rings. The zero-order valence-corrected chi connectivity index (χ0v) is 15.4. The van der Waals surface area contributed by atoms with Gasteiger partial charge in [-0.2, -0.15) is 0 Å². The molecule has 0 bridgehead atoms. The number of thioether (sulfide) groups is 1. The van der Waals surface area contributed by atoms with Gasteiger partial charge in [0.25, 0.3) is 0 Å². The molecule has 26 heavy (non-hydrogen) atoms. The van der Waals surface area contributed by atoms with Gasteiger partial charge < -0.3 is 10.5 Å². The van der Waals surface area contributed by atoms with Crippen molar-refractivity contribution in [2.75, 3.05) is 5.75 Å². The van der Waals surface area contributed by atoms with Crippen LogP contribution < -0.4 is 10.5 Å². The van der Waals surface area contributed by atoms with E-state index >= 15 is 0 Å². The number of hydrogen-bond acceptors (Lipinski definition) is 6. The average Bonchev–Trinajstić information content (AvgIpc) is 2.69. The first-order valence-electron chi connectivity index (χ1n) is 9.31. The van der Waals surface area contributed by atoms with Gasteiger partial charge in [0.1, 0.15) is 18.2 Å². The summed E-state index contributed by atoms with van der Waals surface area (Å²) in [4.78, 5) is 13.4. The van der Waals surface area contributed by atoms with E-state index in [1.807, 2.05) is 12.4 Å². The SMILES string of the molecule is NC1=NC2(CCS1)c1cc(-c3cncnc3)ccc1OC1CCCC[C@H]12. The number of benzene rings is 1. The maximum absolute atomic E-state index is 6.44. The van der Waals surface area contributed by atoms with Crippen molar-refractivity contribution >= 4 is 16.9 Å². The minimum atomic E-state index is -0.250. The third-order valence-electron chi connectivity index (χ3n) is 5.98. The lowest BCUT2D eigenvalue weighted by molar-refractivity contribution is 0.0158. The van der Waals surface area contributed by atoms with Gasteiger partial charge >= 0.3 is 0 Å². The molecule has 0 radical (unpaired) electrons. The maximum Gasteiger partial charge on any atom is 0.154 e. The third-order valence-corrected chi connectivity index (χ3v) is 6.77. The van der Waals surface area contributed by atoms with E-state index in [4.69, 9.17) is 15.5 Å². The van der Waals surface area contributed by atoms with E-state index in [1.165, 1.54) is 18.4 Å². The standard InChI is InChI=1S/C20H22N4OS/c21-19-24-20(7-8-26-19)15-3-1-2-4-17(15)25-18-6-5-13(9-16(18)20)14-10-22-12-23-11-14/h5-6,9-12,15,17H,1-4,7-8H2,(H2,21,24)/t15-,17?,20?/m1/s1. The van der Waals surface area contributed by atoms with E-state index in [2.05, 4.69) is 28.2 Å². The lowest BCUT2D eigenvalue weighted by Crippen LogP contribution is -2.50. The van der Waals surface area contributed by atoms with Crippen LogP contribution in [0, 0.1) is 5.92 Å². The Hall–Kier alpha value is -2.08. The monoisotopic (exact) mass is 366 g/mol. The van der Waals surface area contributed by atoms with Crippen LogP contribution in [0.3, 0.4) is 0 Å². The van der Waals surface area contributed by atoms with Gasteiger partial charge in [-0.15, -0.1) is 0 Å². The molecule has 1 aromatic carbocycles. The summed E-state index contributed by atoms with van der Waals surface area (Å²) in [6, 6.07) is 6.42. The number of ether oxygens (including phenoxy) is 1. The molecule has 2 aromatic rings. The molecule has 1 aromatic heterocycles. The Morgan fingerprint density at radius 1 is 1.12 bits per heavy atom. The molecule has 1 spiro atoms. The molecule has 0 amide bonds. The van der Waals surface area contributed by atoms with E-state index in [-0.39, 0.29) is 11.6 Å². The van der Waals surface area contributed by atoms with E-state index in [0.717, 1.165) is 41.9 Å². The molecule has 5 nitrogen and oxygen atoms in total. The van der Waals surface area contributed by atoms with Gasteiger partial charge in [0, 0.05) is 35.2 Å². The molecule has 3 aliphatic rings. The van der Waals surface area contributed by atoms with Crippen molar-refractivity contribution in [1.82, 2.24) is 9.97 Å². The van der Waals surface area contributed by atoms with Crippen molar-refractivity contribution < 1.29 is 4.74 Å². The fourth-order valence-corrected chi connectivity index (χ4v) is 5.65. The molecule has 3 atom stereocenters. The predicted molar refractivity (Wildman–Crippen MR) is 104 cm³/mol. The fraction of sp³-hybridized carbons (Fsp3) is 0.450. The number of rotatable bonds is 1.